The van der Waals surface area contributed by atoms with Crippen molar-refractivity contribution < 1.29 is 35.9 Å². The number of alkyl halides is 6. The molecule has 1 N–H and O–H groups in total. The Morgan fingerprint density at radius 3 is 1.79 bits per heavy atom. The van der Waals surface area contributed by atoms with Gasteiger partial charge in [0.1, 0.15) is 5.75 Å². The van der Waals surface area contributed by atoms with Gasteiger partial charge >= 0.3 is 12.4 Å². The Hall–Kier alpha value is -2.97. The molecule has 156 valence electrons. The summed E-state index contributed by atoms with van der Waals surface area (Å²) in [5.74, 6) is -0.252. The minimum atomic E-state index is -4.99. The van der Waals surface area contributed by atoms with Gasteiger partial charge in [-0.3, -0.25) is 4.79 Å². The van der Waals surface area contributed by atoms with E-state index in [1.54, 1.807) is 26.0 Å². The lowest BCUT2D eigenvalue weighted by Gasteiger charge is -2.14. The van der Waals surface area contributed by atoms with E-state index < -0.39 is 35.1 Å². The predicted octanol–water partition coefficient (Wildman–Crippen LogP) is 6.00. The molecule has 0 aliphatic carbocycles. The summed E-state index contributed by atoms with van der Waals surface area (Å²) in [4.78, 5) is 12.1. The Kier molecular flexibility index (Phi) is 6.30. The topological polar surface area (TPSA) is 38.3 Å². The summed E-state index contributed by atoms with van der Waals surface area (Å²) in [6, 6.07) is 4.35. The number of ether oxygens (including phenoxy) is 1. The summed E-state index contributed by atoms with van der Waals surface area (Å²) in [6.07, 6.45) is -7.52. The van der Waals surface area contributed by atoms with Crippen LogP contribution >= 0.6 is 0 Å². The third-order valence-corrected chi connectivity index (χ3v) is 4.06. The zero-order valence-electron chi connectivity index (χ0n) is 15.6. The van der Waals surface area contributed by atoms with Crippen molar-refractivity contribution in [1.82, 2.24) is 0 Å². The molecule has 3 nitrogen and oxygen atoms in total. The second-order valence-corrected chi connectivity index (χ2v) is 6.29. The van der Waals surface area contributed by atoms with Crippen LogP contribution in [0.5, 0.6) is 5.75 Å². The number of nitrogens with one attached hydrogen (secondary N) is 1. The maximum absolute atomic E-state index is 12.9. The van der Waals surface area contributed by atoms with Crippen LogP contribution in [-0.4, -0.2) is 13.0 Å². The molecule has 0 saturated heterocycles. The molecular formula is C20H17F6NO2. The number of benzene rings is 2. The van der Waals surface area contributed by atoms with Crippen molar-refractivity contribution in [1.29, 1.82) is 0 Å². The summed E-state index contributed by atoms with van der Waals surface area (Å²) in [5, 5.41) is 2.05. The molecule has 2 aromatic carbocycles. The van der Waals surface area contributed by atoms with Crippen LogP contribution < -0.4 is 10.1 Å². The van der Waals surface area contributed by atoms with E-state index >= 15 is 0 Å². The van der Waals surface area contributed by atoms with Crippen LogP contribution in [0, 0.1) is 13.8 Å². The highest BCUT2D eigenvalue weighted by molar-refractivity contribution is 6.02. The Morgan fingerprint density at radius 1 is 0.897 bits per heavy atom. The number of carbonyl (C=O) groups is 1. The average Bonchev–Trinajstić information content (AvgIpc) is 2.59. The maximum atomic E-state index is 12.9. The molecule has 0 aliphatic rings. The summed E-state index contributed by atoms with van der Waals surface area (Å²) >= 11 is 0. The van der Waals surface area contributed by atoms with E-state index in [4.69, 9.17) is 4.74 Å². The Morgan fingerprint density at radius 2 is 1.38 bits per heavy atom. The number of hydrogen-bond acceptors (Lipinski definition) is 2. The monoisotopic (exact) mass is 417 g/mol. The van der Waals surface area contributed by atoms with Crippen LogP contribution in [0.2, 0.25) is 0 Å². The Balaban J connectivity index is 2.30. The molecule has 0 aromatic heterocycles. The molecule has 0 spiro atoms. The van der Waals surface area contributed by atoms with Crippen LogP contribution in [0.25, 0.3) is 6.08 Å². The summed E-state index contributed by atoms with van der Waals surface area (Å²) in [7, 11) is 1.50. The SMILES string of the molecule is COc1cc(C)c(/C=C/C(=O)Nc2cc(C(F)(F)F)cc(C(F)(F)F)c2)c(C)c1. The fourth-order valence-electron chi connectivity index (χ4n) is 2.69. The molecule has 0 atom stereocenters. The van der Waals surface area contributed by atoms with Gasteiger partial charge in [0, 0.05) is 11.8 Å². The number of carbonyl (C=O) groups excluding carboxylic acids is 1. The fourth-order valence-corrected chi connectivity index (χ4v) is 2.69. The van der Waals surface area contributed by atoms with Gasteiger partial charge in [-0.1, -0.05) is 0 Å². The van der Waals surface area contributed by atoms with Crippen LogP contribution in [0.4, 0.5) is 32.0 Å². The first-order chi connectivity index (χ1) is 13.3. The summed E-state index contributed by atoms with van der Waals surface area (Å²) < 4.78 is 82.5. The third-order valence-electron chi connectivity index (χ3n) is 4.06. The average molecular weight is 417 g/mol. The number of aryl methyl sites for hydroxylation is 2. The number of rotatable bonds is 4. The van der Waals surface area contributed by atoms with Gasteiger partial charge in [-0.25, -0.2) is 0 Å². The Labute approximate surface area is 163 Å². The molecule has 0 aliphatic heterocycles. The van der Waals surface area contributed by atoms with Crippen LogP contribution in [0.1, 0.15) is 27.8 Å². The van der Waals surface area contributed by atoms with Crippen molar-refractivity contribution in [3.05, 3.63) is 64.2 Å². The maximum Gasteiger partial charge on any atom is 0.416 e. The van der Waals surface area contributed by atoms with Crippen LogP contribution in [0.15, 0.2) is 36.4 Å². The van der Waals surface area contributed by atoms with E-state index in [0.29, 0.717) is 23.4 Å². The number of methoxy groups -OCH3 is 1. The van der Waals surface area contributed by atoms with Gasteiger partial charge in [0.15, 0.2) is 0 Å². The standard InChI is InChI=1S/C20H17F6NO2/c1-11-6-16(29-3)7-12(2)17(11)4-5-18(28)27-15-9-13(19(21,22)23)8-14(10-15)20(24,25)26/h4-10H,1-3H3,(H,27,28)/b5-4+. The molecular weight excluding hydrogens is 400 g/mol. The van der Waals surface area contributed by atoms with E-state index in [2.05, 4.69) is 0 Å². The molecule has 0 bridgehead atoms. The lowest BCUT2D eigenvalue weighted by atomic mass is 10.0. The molecule has 9 heteroatoms. The normalized spacial score (nSPS) is 12.3. The summed E-state index contributed by atoms with van der Waals surface area (Å²) in [5.41, 5.74) is -1.37. The van der Waals surface area contributed by atoms with Gasteiger partial charge in [0.05, 0.1) is 18.2 Å². The molecule has 2 rings (SSSR count). The second kappa shape index (κ2) is 8.18. The minimum Gasteiger partial charge on any atom is -0.497 e. The third kappa shape index (κ3) is 5.75. The molecule has 0 radical (unpaired) electrons. The summed E-state index contributed by atoms with van der Waals surface area (Å²) in [6.45, 7) is 3.55. The first-order valence-corrected chi connectivity index (χ1v) is 8.25. The Bertz CT molecular complexity index is 890. The van der Waals surface area contributed by atoms with Gasteiger partial charge in [-0.15, -0.1) is 0 Å². The molecule has 0 saturated carbocycles. The van der Waals surface area contributed by atoms with E-state index in [0.717, 1.165) is 17.2 Å². The predicted molar refractivity (Wildman–Crippen MR) is 96.6 cm³/mol. The number of anilines is 1. The first-order valence-electron chi connectivity index (χ1n) is 8.25. The first kappa shape index (κ1) is 22.3. The van der Waals surface area contributed by atoms with Crippen molar-refractivity contribution in [3.63, 3.8) is 0 Å². The van der Waals surface area contributed by atoms with Crippen molar-refractivity contribution in [3.8, 4) is 5.75 Å². The zero-order chi connectivity index (χ0) is 22.0. The van der Waals surface area contributed by atoms with Gasteiger partial charge in [0.2, 0.25) is 5.91 Å². The largest absolute Gasteiger partial charge is 0.497 e. The highest BCUT2D eigenvalue weighted by Gasteiger charge is 2.37. The lowest BCUT2D eigenvalue weighted by molar-refractivity contribution is -0.143. The van der Waals surface area contributed by atoms with Crippen LogP contribution in [-0.2, 0) is 17.1 Å². The number of amides is 1. The van der Waals surface area contributed by atoms with Crippen molar-refractivity contribution >= 4 is 17.7 Å². The second-order valence-electron chi connectivity index (χ2n) is 6.29. The molecule has 29 heavy (non-hydrogen) atoms. The van der Waals surface area contributed by atoms with Gasteiger partial charge in [-0.05, 0) is 66.9 Å². The van der Waals surface area contributed by atoms with E-state index in [-0.39, 0.29) is 6.07 Å². The highest BCUT2D eigenvalue weighted by atomic mass is 19.4. The molecule has 2 aromatic rings. The fraction of sp³-hybridized carbons (Fsp3) is 0.250. The van der Waals surface area contributed by atoms with Gasteiger partial charge < -0.3 is 10.1 Å². The van der Waals surface area contributed by atoms with Crippen molar-refractivity contribution in [2.45, 2.75) is 26.2 Å². The van der Waals surface area contributed by atoms with E-state index in [1.807, 2.05) is 5.32 Å². The van der Waals surface area contributed by atoms with Crippen molar-refractivity contribution in [2.24, 2.45) is 0 Å². The quantitative estimate of drug-likeness (QED) is 0.489. The highest BCUT2D eigenvalue weighted by Crippen LogP contribution is 2.37. The van der Waals surface area contributed by atoms with Gasteiger partial charge in [0.25, 0.3) is 0 Å². The molecule has 0 unspecified atom stereocenters. The van der Waals surface area contributed by atoms with Crippen molar-refractivity contribution in [2.75, 3.05) is 12.4 Å². The van der Waals surface area contributed by atoms with E-state index in [1.165, 1.54) is 13.2 Å². The number of halogens is 6. The number of hydrogen-bond donors (Lipinski definition) is 1. The molecule has 0 heterocycles. The van der Waals surface area contributed by atoms with Gasteiger partial charge in [-0.2, -0.15) is 26.3 Å². The molecule has 0 fully saturated rings. The molecule has 1 amide bonds. The zero-order valence-corrected chi connectivity index (χ0v) is 15.6. The smallest absolute Gasteiger partial charge is 0.416 e. The lowest BCUT2D eigenvalue weighted by Crippen LogP contribution is -2.14. The minimum absolute atomic E-state index is 0.00439. The van der Waals surface area contributed by atoms with E-state index in [9.17, 15) is 31.1 Å². The van der Waals surface area contributed by atoms with Crippen LogP contribution in [0.3, 0.4) is 0 Å².